The molecule has 0 aliphatic heterocycles. The molecule has 1 heterocycles. The number of esters is 1. The van der Waals surface area contributed by atoms with Gasteiger partial charge in [-0.25, -0.2) is 23.3 Å². The minimum atomic E-state index is -3.85. The number of nitrogens with zero attached hydrogens (tertiary/aromatic N) is 1. The smallest absolute Gasteiger partial charge is 0.338 e. The lowest BCUT2D eigenvalue weighted by Gasteiger charge is -2.13. The van der Waals surface area contributed by atoms with Crippen LogP contribution in [0.15, 0.2) is 47.5 Å². The fourth-order valence-electron chi connectivity index (χ4n) is 1.74. The van der Waals surface area contributed by atoms with Gasteiger partial charge in [-0.3, -0.25) is 4.79 Å². The summed E-state index contributed by atoms with van der Waals surface area (Å²) in [5, 5.41) is 7.86. The van der Waals surface area contributed by atoms with Crippen molar-refractivity contribution < 1.29 is 22.7 Å². The molecule has 2 rings (SSSR count). The number of hydrogen-bond donors (Lipinski definition) is 2. The van der Waals surface area contributed by atoms with Crippen LogP contribution in [0.4, 0.5) is 5.82 Å². The van der Waals surface area contributed by atoms with Crippen molar-refractivity contribution in [3.05, 3.63) is 53.2 Å². The number of pyridine rings is 1. The number of carbonyl (C=O) groups is 2. The van der Waals surface area contributed by atoms with Crippen LogP contribution in [0.25, 0.3) is 0 Å². The van der Waals surface area contributed by atoms with Gasteiger partial charge in [0.25, 0.3) is 5.91 Å². The molecule has 0 spiro atoms. The van der Waals surface area contributed by atoms with Crippen molar-refractivity contribution in [3.8, 4) is 0 Å². The number of aromatic nitrogens is 1. The Balaban J connectivity index is 1.99. The molecule has 10 heteroatoms. The minimum absolute atomic E-state index is 0.0802. The van der Waals surface area contributed by atoms with E-state index in [0.29, 0.717) is 5.02 Å². The highest BCUT2D eigenvalue weighted by Gasteiger charge is 2.20. The Bertz CT molecular complexity index is 882. The largest absolute Gasteiger partial charge is 0.449 e. The van der Waals surface area contributed by atoms with E-state index in [1.807, 2.05) is 0 Å². The van der Waals surface area contributed by atoms with Crippen LogP contribution in [0.5, 0.6) is 0 Å². The van der Waals surface area contributed by atoms with Gasteiger partial charge in [0.2, 0.25) is 10.0 Å². The molecule has 1 atom stereocenters. The van der Waals surface area contributed by atoms with Crippen molar-refractivity contribution in [1.29, 1.82) is 0 Å². The first kappa shape index (κ1) is 18.8. The topological polar surface area (TPSA) is 128 Å². The Morgan fingerprint density at radius 2 is 1.84 bits per heavy atom. The average molecular weight is 384 g/mol. The number of carbonyl (C=O) groups excluding carboxylic acids is 2. The zero-order valence-corrected chi connectivity index (χ0v) is 14.5. The van der Waals surface area contributed by atoms with Crippen LogP contribution in [-0.4, -0.2) is 31.4 Å². The van der Waals surface area contributed by atoms with Gasteiger partial charge in [0, 0.05) is 6.20 Å². The predicted octanol–water partition coefficient (Wildman–Crippen LogP) is 1.57. The lowest BCUT2D eigenvalue weighted by Crippen LogP contribution is -2.30. The van der Waals surface area contributed by atoms with Crippen molar-refractivity contribution in [2.24, 2.45) is 5.14 Å². The molecule has 3 N–H and O–H groups in total. The van der Waals surface area contributed by atoms with Crippen LogP contribution in [-0.2, 0) is 19.6 Å². The highest BCUT2D eigenvalue weighted by atomic mass is 35.5. The molecule has 0 fully saturated rings. The van der Waals surface area contributed by atoms with E-state index >= 15 is 0 Å². The maximum atomic E-state index is 12.0. The first-order chi connectivity index (χ1) is 11.7. The SMILES string of the molecule is C[C@@H](OC(=O)c1ccc(S(N)(=O)=O)cc1)C(=O)Nc1ccc(Cl)cn1. The van der Waals surface area contributed by atoms with Crippen molar-refractivity contribution in [3.63, 3.8) is 0 Å². The summed E-state index contributed by atoms with van der Waals surface area (Å²) >= 11 is 5.70. The van der Waals surface area contributed by atoms with Crippen LogP contribution < -0.4 is 10.5 Å². The zero-order chi connectivity index (χ0) is 18.6. The standard InChI is InChI=1S/C15H14ClN3O5S/c1-9(14(20)19-13-7-4-11(16)8-18-13)24-15(21)10-2-5-12(6-3-10)25(17,22)23/h2-9H,1H3,(H2,17,22,23)(H,18,19,20)/t9-/m1/s1. The molecule has 132 valence electrons. The first-order valence-corrected chi connectivity index (χ1v) is 8.85. The van der Waals surface area contributed by atoms with Gasteiger partial charge >= 0.3 is 5.97 Å². The number of sulfonamides is 1. The molecule has 0 saturated carbocycles. The van der Waals surface area contributed by atoms with Crippen molar-refractivity contribution in [1.82, 2.24) is 4.98 Å². The molecule has 1 amide bonds. The van der Waals surface area contributed by atoms with Crippen molar-refractivity contribution >= 4 is 39.3 Å². The Morgan fingerprint density at radius 1 is 1.20 bits per heavy atom. The van der Waals surface area contributed by atoms with Gasteiger partial charge < -0.3 is 10.1 Å². The lowest BCUT2D eigenvalue weighted by molar-refractivity contribution is -0.123. The maximum absolute atomic E-state index is 12.0. The summed E-state index contributed by atoms with van der Waals surface area (Å²) in [4.78, 5) is 27.8. The minimum Gasteiger partial charge on any atom is -0.449 e. The molecule has 0 unspecified atom stereocenters. The predicted molar refractivity (Wildman–Crippen MR) is 90.6 cm³/mol. The Labute approximate surface area is 149 Å². The quantitative estimate of drug-likeness (QED) is 0.754. The van der Waals surface area contributed by atoms with Gasteiger partial charge in [-0.15, -0.1) is 0 Å². The molecule has 0 radical (unpaired) electrons. The number of benzene rings is 1. The Kier molecular flexibility index (Phi) is 5.73. The highest BCUT2D eigenvalue weighted by molar-refractivity contribution is 7.89. The second-order valence-corrected chi connectivity index (χ2v) is 6.97. The van der Waals surface area contributed by atoms with E-state index in [-0.39, 0.29) is 16.3 Å². The van der Waals surface area contributed by atoms with E-state index < -0.39 is 28.0 Å². The van der Waals surface area contributed by atoms with Crippen molar-refractivity contribution in [2.45, 2.75) is 17.9 Å². The molecule has 0 saturated heterocycles. The van der Waals surface area contributed by atoms with Crippen LogP contribution in [0.2, 0.25) is 5.02 Å². The molecule has 8 nitrogen and oxygen atoms in total. The highest BCUT2D eigenvalue weighted by Crippen LogP contribution is 2.12. The number of primary sulfonamides is 1. The van der Waals surface area contributed by atoms with E-state index in [9.17, 15) is 18.0 Å². The summed E-state index contributed by atoms with van der Waals surface area (Å²) in [6, 6.07) is 7.89. The number of nitrogens with two attached hydrogens (primary N) is 1. The number of ether oxygens (including phenoxy) is 1. The monoisotopic (exact) mass is 383 g/mol. The molecular formula is C15H14ClN3O5S. The molecule has 2 aromatic rings. The number of amides is 1. The van der Waals surface area contributed by atoms with E-state index in [1.54, 1.807) is 6.07 Å². The molecule has 1 aromatic carbocycles. The van der Waals surface area contributed by atoms with Gasteiger partial charge in [-0.1, -0.05) is 11.6 Å². The van der Waals surface area contributed by atoms with E-state index in [0.717, 1.165) is 0 Å². The summed E-state index contributed by atoms with van der Waals surface area (Å²) in [7, 11) is -3.85. The number of anilines is 1. The molecule has 1 aromatic heterocycles. The molecular weight excluding hydrogens is 370 g/mol. The zero-order valence-electron chi connectivity index (χ0n) is 13.0. The summed E-state index contributed by atoms with van der Waals surface area (Å²) in [6.07, 6.45) is 0.267. The van der Waals surface area contributed by atoms with Crippen LogP contribution in [0.1, 0.15) is 17.3 Å². The third-order valence-electron chi connectivity index (χ3n) is 3.05. The number of halogens is 1. The molecule has 25 heavy (non-hydrogen) atoms. The molecule has 0 aliphatic rings. The summed E-state index contributed by atoms with van der Waals surface area (Å²) in [6.45, 7) is 1.39. The number of hydrogen-bond acceptors (Lipinski definition) is 6. The van der Waals surface area contributed by atoms with Gasteiger partial charge in [0.15, 0.2) is 6.10 Å². The Morgan fingerprint density at radius 3 is 2.36 bits per heavy atom. The third kappa shape index (κ3) is 5.24. The second kappa shape index (κ2) is 7.60. The van der Waals surface area contributed by atoms with Gasteiger partial charge in [-0.2, -0.15) is 0 Å². The van der Waals surface area contributed by atoms with Crippen LogP contribution in [0, 0.1) is 0 Å². The van der Waals surface area contributed by atoms with Gasteiger partial charge in [0.1, 0.15) is 5.82 Å². The van der Waals surface area contributed by atoms with E-state index in [4.69, 9.17) is 21.5 Å². The van der Waals surface area contributed by atoms with Crippen molar-refractivity contribution in [2.75, 3.05) is 5.32 Å². The lowest BCUT2D eigenvalue weighted by atomic mass is 10.2. The Hall–Kier alpha value is -2.49. The average Bonchev–Trinajstić information content (AvgIpc) is 2.56. The maximum Gasteiger partial charge on any atom is 0.338 e. The summed E-state index contributed by atoms with van der Waals surface area (Å²) in [5.41, 5.74) is 0.0802. The van der Waals surface area contributed by atoms with Gasteiger partial charge in [-0.05, 0) is 43.3 Å². The van der Waals surface area contributed by atoms with E-state index in [2.05, 4.69) is 10.3 Å². The first-order valence-electron chi connectivity index (χ1n) is 6.93. The molecule has 0 aliphatic carbocycles. The van der Waals surface area contributed by atoms with E-state index in [1.165, 1.54) is 43.5 Å². The second-order valence-electron chi connectivity index (χ2n) is 4.97. The van der Waals surface area contributed by atoms with Gasteiger partial charge in [0.05, 0.1) is 15.5 Å². The van der Waals surface area contributed by atoms with Crippen LogP contribution in [0.3, 0.4) is 0 Å². The fourth-order valence-corrected chi connectivity index (χ4v) is 2.37. The van der Waals surface area contributed by atoms with Crippen LogP contribution >= 0.6 is 11.6 Å². The fraction of sp³-hybridized carbons (Fsp3) is 0.133. The normalized spacial score (nSPS) is 12.3. The molecule has 0 bridgehead atoms. The third-order valence-corrected chi connectivity index (χ3v) is 4.20. The number of nitrogens with one attached hydrogen (secondary N) is 1. The number of rotatable bonds is 5. The summed E-state index contributed by atoms with van der Waals surface area (Å²) < 4.78 is 27.4. The summed E-state index contributed by atoms with van der Waals surface area (Å²) in [5.74, 6) is -1.10.